The number of ether oxygens (including phenoxy) is 1. The van der Waals surface area contributed by atoms with Crippen molar-refractivity contribution in [2.45, 2.75) is 51.3 Å². The lowest BCUT2D eigenvalue weighted by Gasteiger charge is -2.41. The zero-order chi connectivity index (χ0) is 27.0. The number of nitrogens with one attached hydrogen (secondary N) is 2. The maximum atomic E-state index is 14.7. The van der Waals surface area contributed by atoms with Gasteiger partial charge in [0.25, 0.3) is 11.5 Å². The van der Waals surface area contributed by atoms with Crippen LogP contribution in [-0.4, -0.2) is 75.9 Å². The third kappa shape index (κ3) is 5.55. The number of benzene rings is 2. The molecule has 2 fully saturated rings. The molecule has 0 unspecified atom stereocenters. The lowest BCUT2D eigenvalue weighted by molar-refractivity contribution is 0.0288. The highest BCUT2D eigenvalue weighted by Crippen LogP contribution is 2.22. The summed E-state index contributed by atoms with van der Waals surface area (Å²) in [6.07, 6.45) is 0.846. The third-order valence-electron chi connectivity index (χ3n) is 6.89. The number of hydrogen-bond donors (Lipinski definition) is 2. The number of H-pyrrole nitrogens is 1. The van der Waals surface area contributed by atoms with Crippen molar-refractivity contribution in [3.8, 4) is 0 Å². The van der Waals surface area contributed by atoms with E-state index in [0.717, 1.165) is 17.4 Å². The molecule has 2 N–H and O–H groups in total. The van der Waals surface area contributed by atoms with Crippen LogP contribution in [0.3, 0.4) is 0 Å². The second kappa shape index (κ2) is 10.2. The summed E-state index contributed by atoms with van der Waals surface area (Å²) in [4.78, 5) is 40.8. The van der Waals surface area contributed by atoms with Gasteiger partial charge in [0.15, 0.2) is 0 Å². The van der Waals surface area contributed by atoms with Crippen molar-refractivity contribution in [1.29, 1.82) is 0 Å². The molecular weight excluding hydrogens is 489 g/mol. The topological polar surface area (TPSA) is 108 Å². The van der Waals surface area contributed by atoms with Crippen LogP contribution in [0.2, 0.25) is 0 Å². The van der Waals surface area contributed by atoms with Crippen LogP contribution in [0, 0.1) is 5.82 Å². The molecule has 38 heavy (non-hydrogen) atoms. The van der Waals surface area contributed by atoms with Gasteiger partial charge >= 0.3 is 6.09 Å². The Hall–Kier alpha value is -3.79. The normalized spacial score (nSPS) is 18.1. The first-order chi connectivity index (χ1) is 18.1. The van der Waals surface area contributed by atoms with Crippen LogP contribution in [0.25, 0.3) is 10.8 Å². The minimum Gasteiger partial charge on any atom is -0.444 e. The Balaban J connectivity index is 1.18. The minimum atomic E-state index is -0.571. The quantitative estimate of drug-likeness (QED) is 0.535. The number of nitrogens with zero attached hydrogens (tertiary/aromatic N) is 3. The largest absolute Gasteiger partial charge is 0.444 e. The summed E-state index contributed by atoms with van der Waals surface area (Å²) < 4.78 is 20.1. The van der Waals surface area contributed by atoms with Gasteiger partial charge in [-0.3, -0.25) is 9.59 Å². The molecule has 3 aromatic rings. The SMILES string of the molecule is CC(C)(C)OC(=O)N1CC[C@H](NC2CN(C(=O)c3cc(Cc4n[nH]c(=O)c5ccccc45)ccc3F)C2)C1. The van der Waals surface area contributed by atoms with Gasteiger partial charge in [-0.05, 0) is 51.0 Å². The van der Waals surface area contributed by atoms with Crippen molar-refractivity contribution in [3.63, 3.8) is 0 Å². The number of likely N-dealkylation sites (tertiary alicyclic amines) is 2. The number of aromatic nitrogens is 2. The molecule has 5 rings (SSSR count). The van der Waals surface area contributed by atoms with Crippen LogP contribution in [0.4, 0.5) is 9.18 Å². The van der Waals surface area contributed by atoms with E-state index in [4.69, 9.17) is 4.74 Å². The van der Waals surface area contributed by atoms with Gasteiger partial charge in [-0.1, -0.05) is 24.3 Å². The molecule has 1 aromatic heterocycles. The van der Waals surface area contributed by atoms with Gasteiger partial charge in [0.05, 0.1) is 16.6 Å². The first kappa shape index (κ1) is 25.8. The number of rotatable bonds is 5. The highest BCUT2D eigenvalue weighted by atomic mass is 19.1. The summed E-state index contributed by atoms with van der Waals surface area (Å²) in [5.41, 5.74) is 0.592. The standard InChI is InChI=1S/C28H32FN5O4/c1-28(2,3)38-27(37)33-11-10-18(14-33)30-19-15-34(16-19)26(36)22-12-17(8-9-23(22)29)13-24-20-6-4-5-7-21(20)25(35)32-31-24/h4-9,12,18-19,30H,10-11,13-16H2,1-3H3,(H,32,35)/t18-/m0/s1. The van der Waals surface area contributed by atoms with E-state index < -0.39 is 11.4 Å². The molecule has 0 radical (unpaired) electrons. The maximum absolute atomic E-state index is 14.7. The van der Waals surface area contributed by atoms with Crippen LogP contribution in [0.15, 0.2) is 47.3 Å². The fraction of sp³-hybridized carbons (Fsp3) is 0.429. The van der Waals surface area contributed by atoms with Crippen molar-refractivity contribution >= 4 is 22.8 Å². The molecule has 1 atom stereocenters. The van der Waals surface area contributed by atoms with Crippen LogP contribution >= 0.6 is 0 Å². The first-order valence-corrected chi connectivity index (χ1v) is 12.9. The number of halogens is 1. The average molecular weight is 522 g/mol. The van der Waals surface area contributed by atoms with Crippen molar-refractivity contribution in [1.82, 2.24) is 25.3 Å². The van der Waals surface area contributed by atoms with Gasteiger partial charge in [-0.2, -0.15) is 5.10 Å². The molecule has 2 amide bonds. The lowest BCUT2D eigenvalue weighted by atomic mass is 10.0. The molecule has 10 heteroatoms. The van der Waals surface area contributed by atoms with E-state index >= 15 is 0 Å². The Bertz CT molecular complexity index is 1430. The van der Waals surface area contributed by atoms with E-state index in [0.29, 0.717) is 43.7 Å². The Morgan fingerprint density at radius 3 is 2.53 bits per heavy atom. The number of hydrogen-bond acceptors (Lipinski definition) is 6. The number of aromatic amines is 1. The monoisotopic (exact) mass is 521 g/mol. The van der Waals surface area contributed by atoms with E-state index in [1.807, 2.05) is 32.9 Å². The Morgan fingerprint density at radius 2 is 1.79 bits per heavy atom. The van der Waals surface area contributed by atoms with Gasteiger partial charge in [-0.25, -0.2) is 14.3 Å². The lowest BCUT2D eigenvalue weighted by Crippen LogP contribution is -2.62. The predicted octanol–water partition coefficient (Wildman–Crippen LogP) is 3.08. The summed E-state index contributed by atoms with van der Waals surface area (Å²) in [6.45, 7) is 7.66. The molecule has 200 valence electrons. The molecule has 0 bridgehead atoms. The van der Waals surface area contributed by atoms with E-state index in [1.165, 1.54) is 6.07 Å². The van der Waals surface area contributed by atoms with Crippen LogP contribution in [0.1, 0.15) is 48.8 Å². The summed E-state index contributed by atoms with van der Waals surface area (Å²) in [6, 6.07) is 11.9. The average Bonchev–Trinajstić information content (AvgIpc) is 3.32. The molecule has 0 aliphatic carbocycles. The van der Waals surface area contributed by atoms with Crippen molar-refractivity contribution < 1.29 is 18.7 Å². The van der Waals surface area contributed by atoms with Crippen molar-refractivity contribution in [3.05, 3.63) is 75.5 Å². The van der Waals surface area contributed by atoms with E-state index in [2.05, 4.69) is 15.5 Å². The van der Waals surface area contributed by atoms with Gasteiger partial charge in [0.2, 0.25) is 0 Å². The molecule has 2 aromatic carbocycles. The molecule has 2 aliphatic rings. The van der Waals surface area contributed by atoms with Gasteiger partial charge in [0, 0.05) is 50.1 Å². The van der Waals surface area contributed by atoms with Gasteiger partial charge in [-0.15, -0.1) is 0 Å². The molecule has 0 spiro atoms. The van der Waals surface area contributed by atoms with Crippen molar-refractivity contribution in [2.75, 3.05) is 26.2 Å². The molecule has 2 aliphatic heterocycles. The fourth-order valence-corrected chi connectivity index (χ4v) is 4.99. The van der Waals surface area contributed by atoms with E-state index in [-0.39, 0.29) is 35.2 Å². The second-order valence-corrected chi connectivity index (χ2v) is 11.0. The highest BCUT2D eigenvalue weighted by molar-refractivity contribution is 5.95. The zero-order valence-corrected chi connectivity index (χ0v) is 21.8. The summed E-state index contributed by atoms with van der Waals surface area (Å²) >= 11 is 0. The molecule has 3 heterocycles. The Morgan fingerprint density at radius 1 is 1.08 bits per heavy atom. The highest BCUT2D eigenvalue weighted by Gasteiger charge is 2.36. The smallest absolute Gasteiger partial charge is 0.410 e. The predicted molar refractivity (Wildman–Crippen MR) is 141 cm³/mol. The van der Waals surface area contributed by atoms with Crippen LogP contribution < -0.4 is 10.9 Å². The Labute approximate surface area is 220 Å². The van der Waals surface area contributed by atoms with E-state index in [1.54, 1.807) is 34.1 Å². The molecular formula is C28H32FN5O4. The van der Waals surface area contributed by atoms with Crippen LogP contribution in [-0.2, 0) is 11.2 Å². The van der Waals surface area contributed by atoms with Crippen molar-refractivity contribution in [2.24, 2.45) is 0 Å². The number of carbonyl (C=O) groups is 2. The minimum absolute atomic E-state index is 0.0200. The Kier molecular flexibility index (Phi) is 6.92. The fourth-order valence-electron chi connectivity index (χ4n) is 4.99. The summed E-state index contributed by atoms with van der Waals surface area (Å²) in [5, 5.41) is 11.5. The maximum Gasteiger partial charge on any atom is 0.410 e. The molecule has 9 nitrogen and oxygen atoms in total. The molecule has 0 saturated carbocycles. The number of fused-ring (bicyclic) bond motifs is 1. The number of amides is 2. The van der Waals surface area contributed by atoms with Gasteiger partial charge in [0.1, 0.15) is 11.4 Å². The van der Waals surface area contributed by atoms with Crippen LogP contribution in [0.5, 0.6) is 0 Å². The molecule has 2 saturated heterocycles. The third-order valence-corrected chi connectivity index (χ3v) is 6.89. The van der Waals surface area contributed by atoms with E-state index in [9.17, 15) is 18.8 Å². The summed E-state index contributed by atoms with van der Waals surface area (Å²) in [5.74, 6) is -0.929. The number of carbonyl (C=O) groups excluding carboxylic acids is 2. The summed E-state index contributed by atoms with van der Waals surface area (Å²) in [7, 11) is 0. The zero-order valence-electron chi connectivity index (χ0n) is 21.8. The second-order valence-electron chi connectivity index (χ2n) is 11.0. The first-order valence-electron chi connectivity index (χ1n) is 12.9. The van der Waals surface area contributed by atoms with Gasteiger partial charge < -0.3 is 19.9 Å².